The van der Waals surface area contributed by atoms with Crippen LogP contribution in [0, 0.1) is 17.8 Å². The van der Waals surface area contributed by atoms with E-state index in [1.54, 1.807) is 0 Å². The predicted octanol–water partition coefficient (Wildman–Crippen LogP) is 4.37. The van der Waals surface area contributed by atoms with Crippen molar-refractivity contribution in [3.05, 3.63) is 29.8 Å². The molecule has 0 aromatic heterocycles. The van der Waals surface area contributed by atoms with Gasteiger partial charge in [0, 0.05) is 17.7 Å². The fourth-order valence-corrected chi connectivity index (χ4v) is 2.74. The van der Waals surface area contributed by atoms with E-state index < -0.39 is 0 Å². The quantitative estimate of drug-likeness (QED) is 0.474. The van der Waals surface area contributed by atoms with E-state index in [0.717, 1.165) is 23.6 Å². The highest BCUT2D eigenvalue weighted by Gasteiger charge is 2.11. The van der Waals surface area contributed by atoms with Crippen LogP contribution in [0.5, 0.6) is 0 Å². The summed E-state index contributed by atoms with van der Waals surface area (Å²) in [7, 11) is 0. The Hall–Kier alpha value is -1.42. The molecule has 0 heterocycles. The fraction of sp³-hybridized carbons (Fsp3) is 0.529. The van der Waals surface area contributed by atoms with Crippen LogP contribution in [0.4, 0.5) is 5.69 Å². The summed E-state index contributed by atoms with van der Waals surface area (Å²) >= 11 is 0. The van der Waals surface area contributed by atoms with E-state index in [-0.39, 0.29) is 0 Å². The minimum absolute atomic E-state index is 0.795. The molecular formula is C17H23N. The van der Waals surface area contributed by atoms with Crippen LogP contribution >= 0.6 is 0 Å². The Kier molecular flexibility index (Phi) is 5.15. The van der Waals surface area contributed by atoms with Crippen molar-refractivity contribution in [2.45, 2.75) is 51.4 Å². The Labute approximate surface area is 111 Å². The molecule has 0 spiro atoms. The lowest BCUT2D eigenvalue weighted by Crippen LogP contribution is -2.05. The Morgan fingerprint density at radius 1 is 1.17 bits per heavy atom. The largest absolute Gasteiger partial charge is 0.399 e. The number of benzene rings is 1. The minimum Gasteiger partial charge on any atom is -0.399 e. The van der Waals surface area contributed by atoms with E-state index in [0.29, 0.717) is 0 Å². The second-order valence-corrected chi connectivity index (χ2v) is 5.32. The summed E-state index contributed by atoms with van der Waals surface area (Å²) < 4.78 is 0. The smallest absolute Gasteiger partial charge is 0.0326 e. The van der Waals surface area contributed by atoms with E-state index in [2.05, 4.69) is 11.8 Å². The van der Waals surface area contributed by atoms with Crippen LogP contribution in [0.25, 0.3) is 0 Å². The maximum atomic E-state index is 5.72. The number of hydrogen-bond donors (Lipinski definition) is 1. The zero-order valence-electron chi connectivity index (χ0n) is 11.1. The molecule has 96 valence electrons. The number of anilines is 1. The molecule has 0 aliphatic heterocycles. The zero-order valence-corrected chi connectivity index (χ0v) is 11.1. The van der Waals surface area contributed by atoms with Crippen LogP contribution in [0.2, 0.25) is 0 Å². The van der Waals surface area contributed by atoms with Gasteiger partial charge in [0.25, 0.3) is 0 Å². The summed E-state index contributed by atoms with van der Waals surface area (Å²) in [5.41, 5.74) is 7.55. The fourth-order valence-electron chi connectivity index (χ4n) is 2.74. The topological polar surface area (TPSA) is 26.0 Å². The van der Waals surface area contributed by atoms with E-state index in [9.17, 15) is 0 Å². The van der Waals surface area contributed by atoms with Gasteiger partial charge in [-0.2, -0.15) is 0 Å². The molecule has 0 amide bonds. The molecule has 1 aliphatic rings. The lowest BCUT2D eigenvalue weighted by atomic mass is 9.86. The van der Waals surface area contributed by atoms with Crippen molar-refractivity contribution in [2.24, 2.45) is 5.92 Å². The summed E-state index contributed by atoms with van der Waals surface area (Å²) in [4.78, 5) is 0. The van der Waals surface area contributed by atoms with Crippen molar-refractivity contribution < 1.29 is 0 Å². The number of nitrogens with two attached hydrogens (primary N) is 1. The molecule has 18 heavy (non-hydrogen) atoms. The lowest BCUT2D eigenvalue weighted by molar-refractivity contribution is 0.334. The number of rotatable bonds is 3. The minimum atomic E-state index is 0.795. The number of hydrogen-bond acceptors (Lipinski definition) is 1. The Morgan fingerprint density at radius 2 is 2.00 bits per heavy atom. The normalized spacial score (nSPS) is 16.0. The first-order valence-electron chi connectivity index (χ1n) is 7.19. The molecule has 1 saturated carbocycles. The molecule has 1 aromatic rings. The lowest BCUT2D eigenvalue weighted by Gasteiger charge is -2.20. The molecule has 1 nitrogen and oxygen atoms in total. The first kappa shape index (κ1) is 13.0. The predicted molar refractivity (Wildman–Crippen MR) is 78.2 cm³/mol. The summed E-state index contributed by atoms with van der Waals surface area (Å²) in [6, 6.07) is 7.81. The second-order valence-electron chi connectivity index (χ2n) is 5.32. The highest BCUT2D eigenvalue weighted by Crippen LogP contribution is 2.27. The van der Waals surface area contributed by atoms with Crippen LogP contribution in [0.1, 0.15) is 56.9 Å². The molecule has 0 bridgehead atoms. The van der Waals surface area contributed by atoms with E-state index >= 15 is 0 Å². The monoisotopic (exact) mass is 241 g/mol. The van der Waals surface area contributed by atoms with Gasteiger partial charge in [-0.25, -0.2) is 0 Å². The van der Waals surface area contributed by atoms with Gasteiger partial charge in [0.05, 0.1) is 0 Å². The maximum absolute atomic E-state index is 5.72. The molecule has 1 aliphatic carbocycles. The van der Waals surface area contributed by atoms with Crippen molar-refractivity contribution >= 4 is 5.69 Å². The zero-order chi connectivity index (χ0) is 12.6. The van der Waals surface area contributed by atoms with Crippen LogP contribution in [0.3, 0.4) is 0 Å². The van der Waals surface area contributed by atoms with E-state index in [1.807, 2.05) is 24.3 Å². The highest BCUT2D eigenvalue weighted by atomic mass is 14.5. The summed E-state index contributed by atoms with van der Waals surface area (Å²) in [6.45, 7) is 0. The molecule has 0 radical (unpaired) electrons. The van der Waals surface area contributed by atoms with Gasteiger partial charge in [-0.15, -0.1) is 0 Å². The standard InChI is InChI=1S/C17H23N/c18-17-13-7-12-16(14-17)11-6-2-5-10-15-8-3-1-4-9-15/h7,12-15H,1-5,8-10,18H2. The SMILES string of the molecule is Nc1cccc(C#CCCCC2CCCCC2)c1. The van der Waals surface area contributed by atoms with Crippen LogP contribution in [-0.2, 0) is 0 Å². The summed E-state index contributed by atoms with van der Waals surface area (Å²) in [5, 5.41) is 0. The van der Waals surface area contributed by atoms with Gasteiger partial charge in [-0.3, -0.25) is 0 Å². The van der Waals surface area contributed by atoms with Crippen LogP contribution in [-0.4, -0.2) is 0 Å². The van der Waals surface area contributed by atoms with Crippen molar-refractivity contribution in [3.8, 4) is 11.8 Å². The molecule has 1 fully saturated rings. The van der Waals surface area contributed by atoms with Crippen molar-refractivity contribution in [1.29, 1.82) is 0 Å². The van der Waals surface area contributed by atoms with Crippen molar-refractivity contribution in [3.63, 3.8) is 0 Å². The second kappa shape index (κ2) is 7.11. The van der Waals surface area contributed by atoms with Gasteiger partial charge in [0.2, 0.25) is 0 Å². The van der Waals surface area contributed by atoms with Crippen LogP contribution in [0.15, 0.2) is 24.3 Å². The Bertz CT molecular complexity index is 419. The molecule has 1 aromatic carbocycles. The van der Waals surface area contributed by atoms with E-state index in [1.165, 1.54) is 44.9 Å². The Balaban J connectivity index is 1.69. The van der Waals surface area contributed by atoms with Gasteiger partial charge < -0.3 is 5.73 Å². The molecule has 0 atom stereocenters. The molecule has 1 heteroatoms. The Morgan fingerprint density at radius 3 is 2.78 bits per heavy atom. The van der Waals surface area contributed by atoms with Crippen molar-refractivity contribution in [1.82, 2.24) is 0 Å². The summed E-state index contributed by atoms with van der Waals surface area (Å²) in [5.74, 6) is 7.44. The van der Waals surface area contributed by atoms with Gasteiger partial charge >= 0.3 is 0 Å². The van der Waals surface area contributed by atoms with Crippen LogP contribution < -0.4 is 5.73 Å². The van der Waals surface area contributed by atoms with Gasteiger partial charge in [-0.05, 0) is 37.0 Å². The van der Waals surface area contributed by atoms with Gasteiger partial charge in [-0.1, -0.05) is 50.0 Å². The van der Waals surface area contributed by atoms with Gasteiger partial charge in [0.1, 0.15) is 0 Å². The number of nitrogen functional groups attached to an aromatic ring is 1. The van der Waals surface area contributed by atoms with E-state index in [4.69, 9.17) is 5.73 Å². The summed E-state index contributed by atoms with van der Waals surface area (Å²) in [6.07, 6.45) is 10.9. The third-order valence-electron chi connectivity index (χ3n) is 3.76. The maximum Gasteiger partial charge on any atom is 0.0326 e. The molecule has 0 saturated heterocycles. The average Bonchev–Trinajstić information content (AvgIpc) is 2.40. The molecule has 0 unspecified atom stereocenters. The highest BCUT2D eigenvalue weighted by molar-refractivity contribution is 5.46. The van der Waals surface area contributed by atoms with Gasteiger partial charge in [0.15, 0.2) is 0 Å². The molecular weight excluding hydrogens is 218 g/mol. The van der Waals surface area contributed by atoms with Crippen molar-refractivity contribution in [2.75, 3.05) is 5.73 Å². The third-order valence-corrected chi connectivity index (χ3v) is 3.76. The third kappa shape index (κ3) is 4.45. The molecule has 2 rings (SSSR count). The molecule has 2 N–H and O–H groups in total. The average molecular weight is 241 g/mol. The number of unbranched alkanes of at least 4 members (excludes halogenated alkanes) is 1. The first-order valence-corrected chi connectivity index (χ1v) is 7.19. The first-order chi connectivity index (χ1) is 8.84.